The van der Waals surface area contributed by atoms with Gasteiger partial charge in [-0.2, -0.15) is 0 Å². The van der Waals surface area contributed by atoms with Crippen LogP contribution in [-0.2, 0) is 9.53 Å². The van der Waals surface area contributed by atoms with Gasteiger partial charge in [0.1, 0.15) is 0 Å². The van der Waals surface area contributed by atoms with Crippen LogP contribution in [0.2, 0.25) is 0 Å². The molecule has 1 fully saturated rings. The van der Waals surface area contributed by atoms with Crippen LogP contribution in [0.3, 0.4) is 0 Å². The van der Waals surface area contributed by atoms with Gasteiger partial charge in [-0.25, -0.2) is 0 Å². The topological polar surface area (TPSA) is 26.3 Å². The Kier molecular flexibility index (Phi) is 2.94. The van der Waals surface area contributed by atoms with Gasteiger partial charge in [0, 0.05) is 6.92 Å². The van der Waals surface area contributed by atoms with Crippen molar-refractivity contribution in [3.05, 3.63) is 10.8 Å². The molecule has 0 aromatic carbocycles. The lowest BCUT2D eigenvalue weighted by atomic mass is 10.3. The second kappa shape index (κ2) is 3.77. The van der Waals surface area contributed by atoms with Crippen molar-refractivity contribution in [1.82, 2.24) is 0 Å². The minimum atomic E-state index is -0.339. The third-order valence-corrected chi connectivity index (χ3v) is 2.06. The summed E-state index contributed by atoms with van der Waals surface area (Å²) in [6.07, 6.45) is 4.28. The molecule has 0 aromatic heterocycles. The first-order chi connectivity index (χ1) is 5.20. The van der Waals surface area contributed by atoms with Gasteiger partial charge in [0.05, 0.1) is 0 Å². The van der Waals surface area contributed by atoms with Gasteiger partial charge in [-0.1, -0.05) is 0 Å². The first kappa shape index (κ1) is 8.60. The van der Waals surface area contributed by atoms with Crippen molar-refractivity contribution < 1.29 is 9.53 Å². The molecule has 62 valence electrons. The van der Waals surface area contributed by atoms with E-state index in [4.69, 9.17) is 16.3 Å². The molecule has 0 bridgehead atoms. The van der Waals surface area contributed by atoms with E-state index in [1.54, 1.807) is 0 Å². The number of carbonyl (C=O) groups excluding carboxylic acids is 1. The van der Waals surface area contributed by atoms with Crippen LogP contribution < -0.4 is 0 Å². The molecule has 11 heavy (non-hydrogen) atoms. The van der Waals surface area contributed by atoms with E-state index in [0.29, 0.717) is 5.22 Å². The third-order valence-electron chi connectivity index (χ3n) is 1.72. The molecule has 2 nitrogen and oxygen atoms in total. The first-order valence-electron chi connectivity index (χ1n) is 3.76. The zero-order chi connectivity index (χ0) is 8.27. The molecule has 1 saturated carbocycles. The Morgan fingerprint density at radius 1 is 1.45 bits per heavy atom. The molecule has 0 radical (unpaired) electrons. The highest BCUT2D eigenvalue weighted by atomic mass is 35.5. The monoisotopic (exact) mass is 174 g/mol. The van der Waals surface area contributed by atoms with Gasteiger partial charge in [0.15, 0.2) is 5.22 Å². The van der Waals surface area contributed by atoms with E-state index in [0.717, 1.165) is 31.3 Å². The predicted molar refractivity (Wildman–Crippen MR) is 43.1 cm³/mol. The summed E-state index contributed by atoms with van der Waals surface area (Å²) in [4.78, 5) is 10.5. The fraction of sp³-hybridized carbons (Fsp3) is 0.625. The van der Waals surface area contributed by atoms with Gasteiger partial charge < -0.3 is 4.74 Å². The van der Waals surface area contributed by atoms with Gasteiger partial charge in [-0.05, 0) is 42.9 Å². The van der Waals surface area contributed by atoms with Gasteiger partial charge in [0.2, 0.25) is 0 Å². The summed E-state index contributed by atoms with van der Waals surface area (Å²) in [5.74, 6) is -0.339. The predicted octanol–water partition coefficient (Wildman–Crippen LogP) is 2.57. The molecule has 0 saturated heterocycles. The number of carbonyl (C=O) groups is 1. The number of esters is 1. The number of halogens is 1. The maximum atomic E-state index is 10.5. The number of allylic oxidation sites excluding steroid dienone is 1. The lowest BCUT2D eigenvalue weighted by Crippen LogP contribution is -1.96. The van der Waals surface area contributed by atoms with Crippen LogP contribution in [0, 0.1) is 0 Å². The van der Waals surface area contributed by atoms with Crippen LogP contribution >= 0.6 is 11.6 Å². The average Bonchev–Trinajstić information content (AvgIpc) is 2.35. The van der Waals surface area contributed by atoms with Crippen LogP contribution in [0.5, 0.6) is 0 Å². The van der Waals surface area contributed by atoms with E-state index < -0.39 is 0 Å². The molecule has 0 aliphatic heterocycles. The highest BCUT2D eigenvalue weighted by Crippen LogP contribution is 2.28. The number of rotatable bonds is 1. The van der Waals surface area contributed by atoms with Gasteiger partial charge >= 0.3 is 5.97 Å². The van der Waals surface area contributed by atoms with E-state index in [9.17, 15) is 4.79 Å². The van der Waals surface area contributed by atoms with Crippen molar-refractivity contribution in [2.45, 2.75) is 32.6 Å². The molecule has 0 amide bonds. The third kappa shape index (κ3) is 2.54. The summed E-state index contributed by atoms with van der Waals surface area (Å²) in [5, 5.41) is 0.301. The fourth-order valence-corrected chi connectivity index (χ4v) is 1.49. The van der Waals surface area contributed by atoms with Crippen molar-refractivity contribution in [3.63, 3.8) is 0 Å². The van der Waals surface area contributed by atoms with Crippen LogP contribution in [0.25, 0.3) is 0 Å². The zero-order valence-corrected chi connectivity index (χ0v) is 7.28. The Morgan fingerprint density at radius 3 is 2.45 bits per heavy atom. The SMILES string of the molecule is CC(=O)OC(Cl)=C1CCCC1. The van der Waals surface area contributed by atoms with Crippen molar-refractivity contribution in [1.29, 1.82) is 0 Å². The Hall–Kier alpha value is -0.500. The highest BCUT2D eigenvalue weighted by molar-refractivity contribution is 6.29. The Bertz CT molecular complexity index is 188. The molecule has 0 unspecified atom stereocenters. The summed E-state index contributed by atoms with van der Waals surface area (Å²) >= 11 is 5.72. The minimum absolute atomic E-state index is 0.301. The standard InChI is InChI=1S/C8H11ClO2/c1-6(10)11-8(9)7-4-2-3-5-7/h2-5H2,1H3. The first-order valence-corrected chi connectivity index (χ1v) is 4.14. The molecule has 0 N–H and O–H groups in total. The smallest absolute Gasteiger partial charge is 0.308 e. The molecular formula is C8H11ClO2. The molecule has 1 aliphatic rings. The Morgan fingerprint density at radius 2 is 2.00 bits per heavy atom. The summed E-state index contributed by atoms with van der Waals surface area (Å²) in [6.45, 7) is 1.36. The molecule has 0 aromatic rings. The van der Waals surface area contributed by atoms with E-state index in [2.05, 4.69) is 0 Å². The second-order valence-corrected chi connectivity index (χ2v) is 3.02. The van der Waals surface area contributed by atoms with E-state index in [1.165, 1.54) is 6.92 Å². The van der Waals surface area contributed by atoms with Gasteiger partial charge in [-0.3, -0.25) is 4.79 Å². The van der Waals surface area contributed by atoms with Gasteiger partial charge in [-0.15, -0.1) is 0 Å². The Labute approximate surface area is 71.2 Å². The normalized spacial score (nSPS) is 16.7. The molecule has 0 atom stereocenters. The summed E-state index contributed by atoms with van der Waals surface area (Å²) < 4.78 is 4.74. The van der Waals surface area contributed by atoms with Crippen molar-refractivity contribution >= 4 is 17.6 Å². The molecular weight excluding hydrogens is 164 g/mol. The zero-order valence-electron chi connectivity index (χ0n) is 6.52. The number of hydrogen-bond donors (Lipinski definition) is 0. The molecule has 1 aliphatic carbocycles. The lowest BCUT2D eigenvalue weighted by Gasteiger charge is -2.01. The molecule has 0 heterocycles. The second-order valence-electron chi connectivity index (χ2n) is 2.68. The molecule has 0 spiro atoms. The maximum absolute atomic E-state index is 10.5. The average molecular weight is 175 g/mol. The van der Waals surface area contributed by atoms with Crippen LogP contribution in [0.1, 0.15) is 32.6 Å². The van der Waals surface area contributed by atoms with Crippen LogP contribution in [-0.4, -0.2) is 5.97 Å². The quantitative estimate of drug-likeness (QED) is 0.451. The fourth-order valence-electron chi connectivity index (χ4n) is 1.20. The van der Waals surface area contributed by atoms with E-state index in [-0.39, 0.29) is 5.97 Å². The lowest BCUT2D eigenvalue weighted by molar-refractivity contribution is -0.136. The van der Waals surface area contributed by atoms with Crippen molar-refractivity contribution in [3.8, 4) is 0 Å². The molecule has 3 heteroatoms. The van der Waals surface area contributed by atoms with Gasteiger partial charge in [0.25, 0.3) is 0 Å². The number of hydrogen-bond acceptors (Lipinski definition) is 2. The minimum Gasteiger partial charge on any atom is -0.414 e. The summed E-state index contributed by atoms with van der Waals surface area (Å²) in [5.41, 5.74) is 1.09. The Balaban J connectivity index is 2.55. The highest BCUT2D eigenvalue weighted by Gasteiger charge is 2.13. The van der Waals surface area contributed by atoms with Crippen LogP contribution in [0.15, 0.2) is 10.8 Å². The van der Waals surface area contributed by atoms with Crippen molar-refractivity contribution in [2.75, 3.05) is 0 Å². The van der Waals surface area contributed by atoms with E-state index in [1.807, 2.05) is 0 Å². The number of ether oxygens (including phenoxy) is 1. The summed E-state index contributed by atoms with van der Waals surface area (Å²) in [7, 11) is 0. The summed E-state index contributed by atoms with van der Waals surface area (Å²) in [6, 6.07) is 0. The van der Waals surface area contributed by atoms with E-state index >= 15 is 0 Å². The largest absolute Gasteiger partial charge is 0.414 e. The maximum Gasteiger partial charge on any atom is 0.308 e. The molecule has 1 rings (SSSR count). The van der Waals surface area contributed by atoms with Crippen molar-refractivity contribution in [2.24, 2.45) is 0 Å². The van der Waals surface area contributed by atoms with Crippen LogP contribution in [0.4, 0.5) is 0 Å².